The predicted octanol–water partition coefficient (Wildman–Crippen LogP) is 2.81. The molecule has 1 aromatic rings. The highest BCUT2D eigenvalue weighted by Gasteiger charge is 2.16. The standard InChI is InChI=1S/C15H19NO/c1-2-3-4-10-17-13-9-8-12-6-5-7-15(16)14(12)11-13/h1,8-9,11,15H,3-7,10,16H2/t15-/m0/s1. The molecule has 0 saturated carbocycles. The zero-order valence-corrected chi connectivity index (χ0v) is 10.1. The number of hydrogen-bond acceptors (Lipinski definition) is 2. The molecule has 2 rings (SSSR count). The summed E-state index contributed by atoms with van der Waals surface area (Å²) >= 11 is 0. The minimum Gasteiger partial charge on any atom is -0.494 e. The van der Waals surface area contributed by atoms with Crippen molar-refractivity contribution in [3.05, 3.63) is 29.3 Å². The van der Waals surface area contributed by atoms with Gasteiger partial charge in [0.25, 0.3) is 0 Å². The number of terminal acetylenes is 1. The summed E-state index contributed by atoms with van der Waals surface area (Å²) in [5.74, 6) is 3.53. The van der Waals surface area contributed by atoms with Gasteiger partial charge in [0.05, 0.1) is 6.61 Å². The Hall–Kier alpha value is -1.46. The average Bonchev–Trinajstić information content (AvgIpc) is 2.36. The highest BCUT2D eigenvalue weighted by atomic mass is 16.5. The van der Waals surface area contributed by atoms with Crippen molar-refractivity contribution in [1.82, 2.24) is 0 Å². The molecule has 1 aliphatic carbocycles. The molecule has 0 spiro atoms. The van der Waals surface area contributed by atoms with Gasteiger partial charge in [-0.15, -0.1) is 12.3 Å². The summed E-state index contributed by atoms with van der Waals surface area (Å²) < 4.78 is 5.67. The minimum atomic E-state index is 0.174. The molecule has 0 bridgehead atoms. The third-order valence-electron chi connectivity index (χ3n) is 3.21. The lowest BCUT2D eigenvalue weighted by molar-refractivity contribution is 0.312. The largest absolute Gasteiger partial charge is 0.494 e. The molecule has 1 aliphatic rings. The second kappa shape index (κ2) is 5.75. The fourth-order valence-electron chi connectivity index (χ4n) is 2.27. The van der Waals surface area contributed by atoms with E-state index in [1.807, 2.05) is 6.07 Å². The molecule has 0 heterocycles. The van der Waals surface area contributed by atoms with E-state index >= 15 is 0 Å². The van der Waals surface area contributed by atoms with Crippen LogP contribution in [0.5, 0.6) is 5.75 Å². The first-order valence-corrected chi connectivity index (χ1v) is 6.26. The number of ether oxygens (including phenoxy) is 1. The van der Waals surface area contributed by atoms with Gasteiger partial charge in [0.1, 0.15) is 5.75 Å². The lowest BCUT2D eigenvalue weighted by atomic mass is 9.88. The van der Waals surface area contributed by atoms with Crippen LogP contribution in [-0.4, -0.2) is 6.61 Å². The number of unbranched alkanes of at least 4 members (excludes halogenated alkanes) is 1. The molecule has 2 N–H and O–H groups in total. The molecule has 0 radical (unpaired) electrons. The van der Waals surface area contributed by atoms with E-state index in [-0.39, 0.29) is 6.04 Å². The molecular formula is C15H19NO. The topological polar surface area (TPSA) is 35.2 Å². The molecule has 0 amide bonds. The van der Waals surface area contributed by atoms with Crippen LogP contribution in [0.1, 0.15) is 42.9 Å². The quantitative estimate of drug-likeness (QED) is 0.636. The Morgan fingerprint density at radius 3 is 3.18 bits per heavy atom. The van der Waals surface area contributed by atoms with Crippen molar-refractivity contribution in [1.29, 1.82) is 0 Å². The van der Waals surface area contributed by atoms with Crippen molar-refractivity contribution in [3.63, 3.8) is 0 Å². The van der Waals surface area contributed by atoms with Gasteiger partial charge in [-0.1, -0.05) is 6.07 Å². The average molecular weight is 229 g/mol. The van der Waals surface area contributed by atoms with Gasteiger partial charge in [-0.2, -0.15) is 0 Å². The Kier molecular flexibility index (Phi) is 4.06. The van der Waals surface area contributed by atoms with Crippen LogP contribution in [0.25, 0.3) is 0 Å². The summed E-state index contributed by atoms with van der Waals surface area (Å²) in [6.45, 7) is 0.679. The maximum absolute atomic E-state index is 6.11. The third-order valence-corrected chi connectivity index (χ3v) is 3.21. The van der Waals surface area contributed by atoms with Crippen LogP contribution in [-0.2, 0) is 6.42 Å². The zero-order valence-electron chi connectivity index (χ0n) is 10.1. The molecule has 1 aromatic carbocycles. The van der Waals surface area contributed by atoms with Crippen molar-refractivity contribution in [2.45, 2.75) is 38.1 Å². The third kappa shape index (κ3) is 3.01. The Balaban J connectivity index is 2.00. The highest BCUT2D eigenvalue weighted by Crippen LogP contribution is 2.30. The predicted molar refractivity (Wildman–Crippen MR) is 69.9 cm³/mol. The summed E-state index contributed by atoms with van der Waals surface area (Å²) in [6, 6.07) is 6.44. The second-order valence-electron chi connectivity index (χ2n) is 4.52. The Morgan fingerprint density at radius 2 is 2.35 bits per heavy atom. The van der Waals surface area contributed by atoms with Gasteiger partial charge in [-0.3, -0.25) is 0 Å². The van der Waals surface area contributed by atoms with Crippen molar-refractivity contribution >= 4 is 0 Å². The van der Waals surface area contributed by atoms with Gasteiger partial charge in [0, 0.05) is 12.5 Å². The number of aryl methyl sites for hydroxylation is 1. The maximum Gasteiger partial charge on any atom is 0.119 e. The van der Waals surface area contributed by atoms with Crippen LogP contribution < -0.4 is 10.5 Å². The minimum absolute atomic E-state index is 0.174. The van der Waals surface area contributed by atoms with E-state index in [0.29, 0.717) is 6.61 Å². The summed E-state index contributed by atoms with van der Waals surface area (Å²) in [6.07, 6.45) is 10.3. The van der Waals surface area contributed by atoms with E-state index in [4.69, 9.17) is 16.9 Å². The normalized spacial score (nSPS) is 18.2. The molecule has 2 nitrogen and oxygen atoms in total. The molecule has 1 atom stereocenters. The Bertz CT molecular complexity index is 419. The highest BCUT2D eigenvalue weighted by molar-refractivity contribution is 5.39. The molecule has 0 saturated heterocycles. The summed E-state index contributed by atoms with van der Waals surface area (Å²) in [4.78, 5) is 0. The number of benzene rings is 1. The molecule has 17 heavy (non-hydrogen) atoms. The van der Waals surface area contributed by atoms with E-state index in [1.165, 1.54) is 17.5 Å². The van der Waals surface area contributed by atoms with Gasteiger partial charge in [0.2, 0.25) is 0 Å². The number of hydrogen-bond donors (Lipinski definition) is 1. The van der Waals surface area contributed by atoms with E-state index in [9.17, 15) is 0 Å². The van der Waals surface area contributed by atoms with Crippen LogP contribution in [0.3, 0.4) is 0 Å². The van der Waals surface area contributed by atoms with Gasteiger partial charge < -0.3 is 10.5 Å². The van der Waals surface area contributed by atoms with Gasteiger partial charge in [-0.05, 0) is 48.9 Å². The van der Waals surface area contributed by atoms with E-state index in [2.05, 4.69) is 18.1 Å². The monoisotopic (exact) mass is 229 g/mol. The fourth-order valence-corrected chi connectivity index (χ4v) is 2.27. The lowest BCUT2D eigenvalue weighted by Crippen LogP contribution is -2.17. The van der Waals surface area contributed by atoms with Crippen LogP contribution in [0, 0.1) is 12.3 Å². The summed E-state index contributed by atoms with van der Waals surface area (Å²) in [5.41, 5.74) is 8.74. The molecule has 2 heteroatoms. The van der Waals surface area contributed by atoms with E-state index < -0.39 is 0 Å². The van der Waals surface area contributed by atoms with E-state index in [0.717, 1.165) is 31.4 Å². The molecule has 0 fully saturated rings. The van der Waals surface area contributed by atoms with Crippen molar-refractivity contribution in [2.24, 2.45) is 5.73 Å². The van der Waals surface area contributed by atoms with Gasteiger partial charge in [-0.25, -0.2) is 0 Å². The number of rotatable bonds is 4. The molecule has 0 aliphatic heterocycles. The second-order valence-corrected chi connectivity index (χ2v) is 4.52. The summed E-state index contributed by atoms with van der Waals surface area (Å²) in [5, 5.41) is 0. The molecule has 90 valence electrons. The Morgan fingerprint density at radius 1 is 1.47 bits per heavy atom. The molecule has 0 unspecified atom stereocenters. The number of nitrogens with two attached hydrogens (primary N) is 1. The van der Waals surface area contributed by atoms with Crippen LogP contribution in [0.15, 0.2) is 18.2 Å². The van der Waals surface area contributed by atoms with Crippen LogP contribution in [0.2, 0.25) is 0 Å². The van der Waals surface area contributed by atoms with Crippen LogP contribution in [0.4, 0.5) is 0 Å². The first kappa shape index (κ1) is 12.0. The first-order chi connectivity index (χ1) is 8.31. The SMILES string of the molecule is C#CCCCOc1ccc2c(c1)[C@@H](N)CCC2. The van der Waals surface area contributed by atoms with Crippen LogP contribution >= 0.6 is 0 Å². The maximum atomic E-state index is 6.11. The van der Waals surface area contributed by atoms with Crippen molar-refractivity contribution < 1.29 is 4.74 Å². The molecule has 0 aromatic heterocycles. The molecular weight excluding hydrogens is 210 g/mol. The van der Waals surface area contributed by atoms with Gasteiger partial charge >= 0.3 is 0 Å². The zero-order chi connectivity index (χ0) is 12.1. The first-order valence-electron chi connectivity index (χ1n) is 6.26. The van der Waals surface area contributed by atoms with Gasteiger partial charge in [0.15, 0.2) is 0 Å². The van der Waals surface area contributed by atoms with E-state index in [1.54, 1.807) is 0 Å². The summed E-state index contributed by atoms with van der Waals surface area (Å²) in [7, 11) is 0. The van der Waals surface area contributed by atoms with Crippen molar-refractivity contribution in [2.75, 3.05) is 6.61 Å². The fraction of sp³-hybridized carbons (Fsp3) is 0.467. The number of fused-ring (bicyclic) bond motifs is 1. The van der Waals surface area contributed by atoms with Crippen molar-refractivity contribution in [3.8, 4) is 18.1 Å². The smallest absolute Gasteiger partial charge is 0.119 e. The lowest BCUT2D eigenvalue weighted by Gasteiger charge is -2.22. The Labute approximate surface area is 103 Å².